The number of nitrogens with zero attached hydrogens (tertiary/aromatic N) is 1. The molecule has 0 fully saturated rings. The molecule has 9 heteroatoms. The van der Waals surface area contributed by atoms with Crippen LogP contribution in [0, 0.1) is 0 Å². The number of anilines is 1. The average molecular weight is 421 g/mol. The fourth-order valence-electron chi connectivity index (χ4n) is 2.66. The SMILES string of the molecule is COc1cc2nc(NC(=O)CCCS(=O)(=O)c3ccccc3)sc2cc1OC. The summed E-state index contributed by atoms with van der Waals surface area (Å²) in [6.45, 7) is 0. The van der Waals surface area contributed by atoms with Crippen LogP contribution in [0.25, 0.3) is 10.2 Å². The molecule has 1 N–H and O–H groups in total. The van der Waals surface area contributed by atoms with Crippen LogP contribution in [0.4, 0.5) is 5.13 Å². The number of aromatic nitrogens is 1. The van der Waals surface area contributed by atoms with Crippen molar-refractivity contribution in [3.63, 3.8) is 0 Å². The van der Waals surface area contributed by atoms with Crippen molar-refractivity contribution in [2.75, 3.05) is 25.3 Å². The molecular weight excluding hydrogens is 400 g/mol. The third kappa shape index (κ3) is 4.60. The van der Waals surface area contributed by atoms with Crippen LogP contribution in [0.2, 0.25) is 0 Å². The Bertz CT molecular complexity index is 1040. The van der Waals surface area contributed by atoms with Crippen molar-refractivity contribution >= 4 is 42.4 Å². The zero-order valence-electron chi connectivity index (χ0n) is 15.5. The Morgan fingerprint density at radius 1 is 1.11 bits per heavy atom. The highest BCUT2D eigenvalue weighted by Gasteiger charge is 2.16. The summed E-state index contributed by atoms with van der Waals surface area (Å²) in [5.74, 6) is 0.784. The summed E-state index contributed by atoms with van der Waals surface area (Å²) >= 11 is 1.31. The number of benzene rings is 2. The molecule has 3 rings (SSSR count). The van der Waals surface area contributed by atoms with Gasteiger partial charge in [0.25, 0.3) is 0 Å². The van der Waals surface area contributed by atoms with Crippen molar-refractivity contribution in [3.05, 3.63) is 42.5 Å². The molecule has 0 saturated carbocycles. The number of hydrogen-bond donors (Lipinski definition) is 1. The summed E-state index contributed by atoms with van der Waals surface area (Å²) in [7, 11) is -0.289. The van der Waals surface area contributed by atoms with E-state index >= 15 is 0 Å². The number of ether oxygens (including phenoxy) is 2. The smallest absolute Gasteiger partial charge is 0.226 e. The lowest BCUT2D eigenvalue weighted by atomic mass is 10.3. The fraction of sp³-hybridized carbons (Fsp3) is 0.263. The number of rotatable bonds is 8. The molecule has 1 amide bonds. The van der Waals surface area contributed by atoms with E-state index in [1.165, 1.54) is 11.3 Å². The Labute approximate surface area is 167 Å². The zero-order valence-corrected chi connectivity index (χ0v) is 17.1. The molecule has 0 aliphatic carbocycles. The zero-order chi connectivity index (χ0) is 20.1. The number of carbonyl (C=O) groups excluding carboxylic acids is 1. The Hall–Kier alpha value is -2.65. The van der Waals surface area contributed by atoms with Gasteiger partial charge in [0.05, 0.1) is 35.1 Å². The molecule has 1 aromatic heterocycles. The molecule has 0 saturated heterocycles. The summed E-state index contributed by atoms with van der Waals surface area (Å²) in [6, 6.07) is 11.8. The second-order valence-corrected chi connectivity index (χ2v) is 9.12. The van der Waals surface area contributed by atoms with Crippen molar-refractivity contribution in [1.82, 2.24) is 4.98 Å². The number of sulfone groups is 1. The normalized spacial score (nSPS) is 11.4. The predicted octanol–water partition coefficient (Wildman–Crippen LogP) is 3.51. The van der Waals surface area contributed by atoms with Gasteiger partial charge in [0.2, 0.25) is 5.91 Å². The van der Waals surface area contributed by atoms with Crippen molar-refractivity contribution in [3.8, 4) is 11.5 Å². The van der Waals surface area contributed by atoms with Crippen LogP contribution >= 0.6 is 11.3 Å². The van der Waals surface area contributed by atoms with Gasteiger partial charge < -0.3 is 14.8 Å². The summed E-state index contributed by atoms with van der Waals surface area (Å²) in [4.78, 5) is 16.8. The molecule has 148 valence electrons. The minimum absolute atomic E-state index is 0.0846. The maximum atomic E-state index is 12.2. The predicted molar refractivity (Wildman–Crippen MR) is 109 cm³/mol. The second-order valence-electron chi connectivity index (χ2n) is 5.98. The van der Waals surface area contributed by atoms with Gasteiger partial charge in [-0.25, -0.2) is 13.4 Å². The minimum Gasteiger partial charge on any atom is -0.493 e. The maximum absolute atomic E-state index is 12.2. The lowest BCUT2D eigenvalue weighted by Crippen LogP contribution is -2.14. The molecule has 0 unspecified atom stereocenters. The Morgan fingerprint density at radius 2 is 1.79 bits per heavy atom. The minimum atomic E-state index is -3.39. The van der Waals surface area contributed by atoms with E-state index in [1.54, 1.807) is 56.7 Å². The van der Waals surface area contributed by atoms with Crippen LogP contribution < -0.4 is 14.8 Å². The van der Waals surface area contributed by atoms with E-state index in [9.17, 15) is 13.2 Å². The first-order chi connectivity index (χ1) is 13.4. The van der Waals surface area contributed by atoms with Crippen LogP contribution in [0.5, 0.6) is 11.5 Å². The quantitative estimate of drug-likeness (QED) is 0.599. The van der Waals surface area contributed by atoms with Crippen molar-refractivity contribution in [2.24, 2.45) is 0 Å². The van der Waals surface area contributed by atoms with Gasteiger partial charge in [-0.3, -0.25) is 4.79 Å². The molecule has 0 bridgehead atoms. The monoisotopic (exact) mass is 420 g/mol. The Balaban J connectivity index is 1.60. The van der Waals surface area contributed by atoms with Gasteiger partial charge in [-0.05, 0) is 18.6 Å². The number of carbonyl (C=O) groups is 1. The maximum Gasteiger partial charge on any atom is 0.226 e. The molecular formula is C19H20N2O5S2. The molecule has 1 heterocycles. The van der Waals surface area contributed by atoms with Crippen LogP contribution in [-0.2, 0) is 14.6 Å². The van der Waals surface area contributed by atoms with Crippen molar-refractivity contribution in [2.45, 2.75) is 17.7 Å². The molecule has 0 radical (unpaired) electrons. The Morgan fingerprint density at radius 3 is 2.46 bits per heavy atom. The molecule has 0 aliphatic heterocycles. The summed E-state index contributed by atoms with van der Waals surface area (Å²) in [5, 5.41) is 3.17. The molecule has 0 atom stereocenters. The molecule has 2 aromatic carbocycles. The van der Waals surface area contributed by atoms with E-state index in [1.807, 2.05) is 0 Å². The first-order valence-electron chi connectivity index (χ1n) is 8.53. The van der Waals surface area contributed by atoms with E-state index in [0.29, 0.717) is 22.1 Å². The van der Waals surface area contributed by atoms with E-state index in [4.69, 9.17) is 9.47 Å². The highest BCUT2D eigenvalue weighted by molar-refractivity contribution is 7.91. The first-order valence-corrected chi connectivity index (χ1v) is 11.0. The Kier molecular flexibility index (Phi) is 6.15. The molecule has 28 heavy (non-hydrogen) atoms. The molecule has 0 spiro atoms. The van der Waals surface area contributed by atoms with Gasteiger partial charge in [-0.1, -0.05) is 29.5 Å². The van der Waals surface area contributed by atoms with Crippen LogP contribution in [0.1, 0.15) is 12.8 Å². The highest BCUT2D eigenvalue weighted by atomic mass is 32.2. The molecule has 3 aromatic rings. The van der Waals surface area contributed by atoms with Gasteiger partial charge in [0.15, 0.2) is 26.5 Å². The number of amides is 1. The summed E-state index contributed by atoms with van der Waals surface area (Å²) in [6.07, 6.45) is 0.324. The van der Waals surface area contributed by atoms with E-state index in [-0.39, 0.29) is 29.4 Å². The number of thiazole rings is 1. The van der Waals surface area contributed by atoms with Gasteiger partial charge in [0.1, 0.15) is 0 Å². The second kappa shape index (κ2) is 8.57. The van der Waals surface area contributed by atoms with E-state index in [0.717, 1.165) is 4.70 Å². The van der Waals surface area contributed by atoms with Crippen molar-refractivity contribution < 1.29 is 22.7 Å². The average Bonchev–Trinajstić information content (AvgIpc) is 3.08. The molecule has 0 aliphatic rings. The lowest BCUT2D eigenvalue weighted by Gasteiger charge is -2.05. The highest BCUT2D eigenvalue weighted by Crippen LogP contribution is 2.36. The molecule has 7 nitrogen and oxygen atoms in total. The summed E-state index contributed by atoms with van der Waals surface area (Å²) in [5.41, 5.74) is 0.685. The number of methoxy groups -OCH3 is 2. The lowest BCUT2D eigenvalue weighted by molar-refractivity contribution is -0.116. The standard InChI is InChI=1S/C19H20N2O5S2/c1-25-15-11-14-17(12-16(15)26-2)27-19(20-14)21-18(22)9-6-10-28(23,24)13-7-4-3-5-8-13/h3-5,7-8,11-12H,6,9-10H2,1-2H3,(H,20,21,22). The number of hydrogen-bond acceptors (Lipinski definition) is 7. The fourth-order valence-corrected chi connectivity index (χ4v) is 4.88. The first kappa shape index (κ1) is 20.1. The van der Waals surface area contributed by atoms with Crippen LogP contribution in [-0.4, -0.2) is 39.3 Å². The van der Waals surface area contributed by atoms with Crippen LogP contribution in [0.3, 0.4) is 0 Å². The van der Waals surface area contributed by atoms with Gasteiger partial charge in [-0.2, -0.15) is 0 Å². The topological polar surface area (TPSA) is 94.6 Å². The third-order valence-corrected chi connectivity index (χ3v) is 6.81. The van der Waals surface area contributed by atoms with E-state index in [2.05, 4.69) is 10.3 Å². The van der Waals surface area contributed by atoms with Gasteiger partial charge >= 0.3 is 0 Å². The third-order valence-electron chi connectivity index (χ3n) is 4.06. The van der Waals surface area contributed by atoms with Crippen molar-refractivity contribution in [1.29, 1.82) is 0 Å². The number of nitrogens with one attached hydrogen (secondary N) is 1. The largest absolute Gasteiger partial charge is 0.493 e. The summed E-state index contributed by atoms with van der Waals surface area (Å²) < 4.78 is 35.9. The van der Waals surface area contributed by atoms with Crippen LogP contribution in [0.15, 0.2) is 47.4 Å². The number of fused-ring (bicyclic) bond motifs is 1. The van der Waals surface area contributed by atoms with Gasteiger partial charge in [0, 0.05) is 18.6 Å². The van der Waals surface area contributed by atoms with E-state index < -0.39 is 9.84 Å². The van der Waals surface area contributed by atoms with Gasteiger partial charge in [-0.15, -0.1) is 0 Å².